The van der Waals surface area contributed by atoms with Gasteiger partial charge in [-0.2, -0.15) is 0 Å². The van der Waals surface area contributed by atoms with Crippen LogP contribution in [0.4, 0.5) is 0 Å². The first-order valence-electron chi connectivity index (χ1n) is 10.0. The molecule has 4 fully saturated rings. The molecule has 4 aliphatic rings. The van der Waals surface area contributed by atoms with Gasteiger partial charge in [0, 0.05) is 62.2 Å². The first kappa shape index (κ1) is 19.6. The van der Waals surface area contributed by atoms with Gasteiger partial charge in [0.05, 0.1) is 11.8 Å². The van der Waals surface area contributed by atoms with E-state index in [1.54, 1.807) is 0 Å². The fourth-order valence-corrected chi connectivity index (χ4v) is 4.69. The Morgan fingerprint density at radius 2 is 1.04 bits per heavy atom. The van der Waals surface area contributed by atoms with E-state index >= 15 is 0 Å². The molecule has 148 valence electrons. The quantitative estimate of drug-likeness (QED) is 0.671. The van der Waals surface area contributed by atoms with Crippen molar-refractivity contribution in [3.63, 3.8) is 0 Å². The topological polar surface area (TPSA) is 64.7 Å². The molecule has 2 N–H and O–H groups in total. The highest BCUT2D eigenvalue weighted by Crippen LogP contribution is 2.33. The standard InChI is InChI=1S/2C10H18N2O/c2*1-10(2,3)12-6-7-4-11-5-8(7)9(12)13/h2*7-8,11H,4-6H2,1-3H3/t2*7-,8-/m10/s1. The Morgan fingerprint density at radius 1 is 0.692 bits per heavy atom. The van der Waals surface area contributed by atoms with E-state index in [-0.39, 0.29) is 22.9 Å². The maximum absolute atomic E-state index is 11.9. The molecule has 4 saturated heterocycles. The van der Waals surface area contributed by atoms with Gasteiger partial charge in [0.2, 0.25) is 11.8 Å². The van der Waals surface area contributed by atoms with Gasteiger partial charge in [0.15, 0.2) is 0 Å². The van der Waals surface area contributed by atoms with Crippen LogP contribution in [0.15, 0.2) is 0 Å². The minimum Gasteiger partial charge on any atom is -0.337 e. The molecule has 6 heteroatoms. The van der Waals surface area contributed by atoms with Crippen LogP contribution in [0.2, 0.25) is 0 Å². The zero-order valence-electron chi connectivity index (χ0n) is 17.3. The molecule has 2 amide bonds. The first-order valence-corrected chi connectivity index (χ1v) is 10.0. The average Bonchev–Trinajstić information content (AvgIpc) is 3.22. The number of nitrogens with zero attached hydrogens (tertiary/aromatic N) is 2. The lowest BCUT2D eigenvalue weighted by Crippen LogP contribution is -2.44. The minimum absolute atomic E-state index is 0.00141. The highest BCUT2D eigenvalue weighted by Gasteiger charge is 2.47. The Kier molecular flexibility index (Phi) is 5.12. The van der Waals surface area contributed by atoms with Crippen LogP contribution in [0.5, 0.6) is 0 Å². The van der Waals surface area contributed by atoms with Crippen LogP contribution in [-0.4, -0.2) is 72.0 Å². The predicted octanol–water partition coefficient (Wildman–Crippen LogP) is 0.925. The molecule has 6 nitrogen and oxygen atoms in total. The summed E-state index contributed by atoms with van der Waals surface area (Å²) in [4.78, 5) is 27.9. The smallest absolute Gasteiger partial charge is 0.227 e. The third-order valence-electron chi connectivity index (χ3n) is 6.30. The molecular weight excluding hydrogens is 328 g/mol. The number of carbonyl (C=O) groups is 2. The van der Waals surface area contributed by atoms with Crippen molar-refractivity contribution in [1.29, 1.82) is 0 Å². The maximum atomic E-state index is 11.9. The molecule has 0 aliphatic carbocycles. The van der Waals surface area contributed by atoms with Crippen molar-refractivity contribution in [1.82, 2.24) is 20.4 Å². The second-order valence-corrected chi connectivity index (χ2v) is 10.3. The van der Waals surface area contributed by atoms with Gasteiger partial charge in [-0.25, -0.2) is 0 Å². The summed E-state index contributed by atoms with van der Waals surface area (Å²) in [5, 5.41) is 6.56. The van der Waals surface area contributed by atoms with Crippen molar-refractivity contribution in [2.24, 2.45) is 23.7 Å². The maximum Gasteiger partial charge on any atom is 0.227 e. The van der Waals surface area contributed by atoms with Crippen molar-refractivity contribution in [2.45, 2.75) is 52.6 Å². The van der Waals surface area contributed by atoms with E-state index in [1.807, 2.05) is 9.80 Å². The number of carbonyl (C=O) groups excluding carboxylic acids is 2. The normalized spacial score (nSPS) is 34.1. The van der Waals surface area contributed by atoms with Crippen molar-refractivity contribution in [3.8, 4) is 0 Å². The summed E-state index contributed by atoms with van der Waals surface area (Å²) < 4.78 is 0. The highest BCUT2D eigenvalue weighted by molar-refractivity contribution is 5.83. The largest absolute Gasteiger partial charge is 0.337 e. The molecule has 4 heterocycles. The van der Waals surface area contributed by atoms with Crippen LogP contribution >= 0.6 is 0 Å². The van der Waals surface area contributed by atoms with Gasteiger partial charge in [0.25, 0.3) is 0 Å². The second kappa shape index (κ2) is 6.79. The van der Waals surface area contributed by atoms with Crippen molar-refractivity contribution >= 4 is 11.8 Å². The predicted molar refractivity (Wildman–Crippen MR) is 103 cm³/mol. The first-order chi connectivity index (χ1) is 12.0. The molecule has 0 aromatic rings. The molecule has 0 bridgehead atoms. The highest BCUT2D eigenvalue weighted by atomic mass is 16.2. The van der Waals surface area contributed by atoms with E-state index in [9.17, 15) is 9.59 Å². The second-order valence-electron chi connectivity index (χ2n) is 10.3. The zero-order chi connectivity index (χ0) is 19.3. The van der Waals surface area contributed by atoms with E-state index < -0.39 is 0 Å². The number of rotatable bonds is 0. The lowest BCUT2D eigenvalue weighted by atomic mass is 10.0. The summed E-state index contributed by atoms with van der Waals surface area (Å²) >= 11 is 0. The number of amides is 2. The minimum atomic E-state index is 0.00141. The van der Waals surface area contributed by atoms with E-state index in [1.165, 1.54) is 0 Å². The van der Waals surface area contributed by atoms with Crippen LogP contribution in [-0.2, 0) is 9.59 Å². The number of hydrogen-bond donors (Lipinski definition) is 2. The van der Waals surface area contributed by atoms with Crippen LogP contribution < -0.4 is 10.6 Å². The zero-order valence-corrected chi connectivity index (χ0v) is 17.3. The number of likely N-dealkylation sites (tertiary alicyclic amines) is 2. The Hall–Kier alpha value is -1.14. The lowest BCUT2D eigenvalue weighted by Gasteiger charge is -2.32. The molecular formula is C20H36N4O2. The van der Waals surface area contributed by atoms with Crippen LogP contribution in [0.25, 0.3) is 0 Å². The van der Waals surface area contributed by atoms with E-state index in [2.05, 4.69) is 52.2 Å². The Balaban J connectivity index is 0.000000151. The van der Waals surface area contributed by atoms with E-state index in [4.69, 9.17) is 0 Å². The fraction of sp³-hybridized carbons (Fsp3) is 0.900. The number of hydrogen-bond acceptors (Lipinski definition) is 4. The van der Waals surface area contributed by atoms with Crippen LogP contribution in [0.3, 0.4) is 0 Å². The molecule has 0 radical (unpaired) electrons. The fourth-order valence-electron chi connectivity index (χ4n) is 4.69. The van der Waals surface area contributed by atoms with Gasteiger partial charge in [-0.05, 0) is 41.5 Å². The third-order valence-corrected chi connectivity index (χ3v) is 6.30. The molecule has 0 unspecified atom stereocenters. The summed E-state index contributed by atoms with van der Waals surface area (Å²) in [6.45, 7) is 18.4. The average molecular weight is 365 g/mol. The summed E-state index contributed by atoms with van der Waals surface area (Å²) in [6.07, 6.45) is 0. The van der Waals surface area contributed by atoms with Crippen molar-refractivity contribution in [2.75, 3.05) is 39.3 Å². The van der Waals surface area contributed by atoms with Crippen LogP contribution in [0, 0.1) is 23.7 Å². The molecule has 0 spiro atoms. The Morgan fingerprint density at radius 3 is 1.31 bits per heavy atom. The SMILES string of the molecule is CC(C)(C)N1C[C@@H]2CNC[C@@H]2C1=O.CC(C)(C)N1C[C@H]2CNC[C@H]2C1=O. The van der Waals surface area contributed by atoms with Gasteiger partial charge in [-0.1, -0.05) is 0 Å². The molecule has 26 heavy (non-hydrogen) atoms. The van der Waals surface area contributed by atoms with Gasteiger partial charge in [-0.15, -0.1) is 0 Å². The molecule has 4 aliphatic heterocycles. The molecule has 4 rings (SSSR count). The Labute approximate surface area is 158 Å². The van der Waals surface area contributed by atoms with Crippen LogP contribution in [0.1, 0.15) is 41.5 Å². The van der Waals surface area contributed by atoms with E-state index in [0.717, 1.165) is 39.3 Å². The van der Waals surface area contributed by atoms with Crippen molar-refractivity contribution < 1.29 is 9.59 Å². The summed E-state index contributed by atoms with van der Waals surface area (Å²) in [5.41, 5.74) is 0.00282. The Bertz CT molecular complexity index is 513. The third kappa shape index (κ3) is 3.63. The molecule has 0 saturated carbocycles. The van der Waals surface area contributed by atoms with Gasteiger partial charge in [-0.3, -0.25) is 9.59 Å². The van der Waals surface area contributed by atoms with Gasteiger partial charge in [0.1, 0.15) is 0 Å². The van der Waals surface area contributed by atoms with Gasteiger partial charge >= 0.3 is 0 Å². The number of nitrogens with one attached hydrogen (secondary N) is 2. The lowest BCUT2D eigenvalue weighted by molar-refractivity contribution is -0.135. The summed E-state index contributed by atoms with van der Waals surface area (Å²) in [6, 6.07) is 0. The monoisotopic (exact) mass is 364 g/mol. The summed E-state index contributed by atoms with van der Waals surface area (Å²) in [5.74, 6) is 2.35. The van der Waals surface area contributed by atoms with E-state index in [0.29, 0.717) is 23.7 Å². The molecule has 0 aromatic carbocycles. The van der Waals surface area contributed by atoms with Crippen molar-refractivity contribution in [3.05, 3.63) is 0 Å². The summed E-state index contributed by atoms with van der Waals surface area (Å²) in [7, 11) is 0. The molecule has 0 aromatic heterocycles. The number of fused-ring (bicyclic) bond motifs is 2. The van der Waals surface area contributed by atoms with Gasteiger partial charge < -0.3 is 20.4 Å². The molecule has 4 atom stereocenters.